The second-order valence-electron chi connectivity index (χ2n) is 6.22. The van der Waals surface area contributed by atoms with Gasteiger partial charge in [-0.3, -0.25) is 4.79 Å². The van der Waals surface area contributed by atoms with E-state index in [1.54, 1.807) is 20.3 Å². The smallest absolute Gasteiger partial charge is 0.322 e. The Morgan fingerprint density at radius 2 is 2.04 bits per heavy atom. The molecule has 1 aliphatic rings. The highest BCUT2D eigenvalue weighted by Crippen LogP contribution is 2.37. The van der Waals surface area contributed by atoms with E-state index in [9.17, 15) is 4.79 Å². The van der Waals surface area contributed by atoms with Gasteiger partial charge in [0.25, 0.3) is 0 Å². The molecule has 1 heterocycles. The molecule has 0 bridgehead atoms. The maximum Gasteiger partial charge on any atom is 0.322 e. The molecule has 1 saturated heterocycles. The number of hydrogen-bond donors (Lipinski definition) is 1. The van der Waals surface area contributed by atoms with Gasteiger partial charge >= 0.3 is 5.97 Å². The lowest BCUT2D eigenvalue weighted by Crippen LogP contribution is -2.31. The van der Waals surface area contributed by atoms with E-state index in [2.05, 4.69) is 18.0 Å². The Balaban J connectivity index is 2.02. The van der Waals surface area contributed by atoms with E-state index in [0.717, 1.165) is 27.6 Å². The molecule has 5 nitrogen and oxygen atoms in total. The van der Waals surface area contributed by atoms with E-state index in [1.165, 1.54) is 7.11 Å². The van der Waals surface area contributed by atoms with Crippen molar-refractivity contribution in [1.29, 1.82) is 0 Å². The van der Waals surface area contributed by atoms with Gasteiger partial charge in [-0.2, -0.15) is 0 Å². The van der Waals surface area contributed by atoms with E-state index >= 15 is 0 Å². The minimum Gasteiger partial charge on any atom is -0.496 e. The summed E-state index contributed by atoms with van der Waals surface area (Å²) in [6.45, 7) is 4.40. The van der Waals surface area contributed by atoms with Crippen LogP contribution >= 0.6 is 0 Å². The van der Waals surface area contributed by atoms with Gasteiger partial charge in [0.15, 0.2) is 0 Å². The molecule has 25 heavy (non-hydrogen) atoms. The number of ether oxygens (including phenoxy) is 3. The van der Waals surface area contributed by atoms with Crippen molar-refractivity contribution in [1.82, 2.24) is 5.32 Å². The van der Waals surface area contributed by atoms with Gasteiger partial charge in [0.2, 0.25) is 0 Å². The van der Waals surface area contributed by atoms with Crippen molar-refractivity contribution in [3.05, 3.63) is 48.0 Å². The fourth-order valence-corrected chi connectivity index (χ4v) is 3.48. The molecule has 1 N–H and O–H groups in total. The summed E-state index contributed by atoms with van der Waals surface area (Å²) >= 11 is 0. The lowest BCUT2D eigenvalue weighted by molar-refractivity contribution is -0.143. The zero-order valence-electron chi connectivity index (χ0n) is 14.8. The summed E-state index contributed by atoms with van der Waals surface area (Å²) in [4.78, 5) is 11.9. The highest BCUT2D eigenvalue weighted by atomic mass is 16.5. The third-order valence-electron chi connectivity index (χ3n) is 4.98. The van der Waals surface area contributed by atoms with Gasteiger partial charge in [-0.15, -0.1) is 0 Å². The van der Waals surface area contributed by atoms with Crippen LogP contribution in [0.1, 0.15) is 17.5 Å². The molecule has 2 atom stereocenters. The van der Waals surface area contributed by atoms with Crippen LogP contribution in [-0.4, -0.2) is 39.9 Å². The molecule has 5 heteroatoms. The summed E-state index contributed by atoms with van der Waals surface area (Å²) in [7, 11) is 4.73. The number of hydrogen-bond acceptors (Lipinski definition) is 5. The first-order chi connectivity index (χ1) is 12.1. The lowest BCUT2D eigenvalue weighted by atomic mass is 9.89. The summed E-state index contributed by atoms with van der Waals surface area (Å²) < 4.78 is 16.1. The molecule has 1 aliphatic heterocycles. The van der Waals surface area contributed by atoms with Crippen molar-refractivity contribution in [3.8, 4) is 5.75 Å². The average Bonchev–Trinajstić information content (AvgIpc) is 3.11. The summed E-state index contributed by atoms with van der Waals surface area (Å²) in [6, 6.07) is 9.88. The molecular formula is C20H23NO4. The van der Waals surface area contributed by atoms with Crippen LogP contribution in [0.4, 0.5) is 0 Å². The number of methoxy groups -OCH3 is 3. The predicted molar refractivity (Wildman–Crippen MR) is 97.7 cm³/mol. The number of fused-ring (bicyclic) bond motifs is 1. The predicted octanol–water partition coefficient (Wildman–Crippen LogP) is 2.87. The number of carbonyl (C=O) groups is 1. The van der Waals surface area contributed by atoms with E-state index in [0.29, 0.717) is 13.0 Å². The van der Waals surface area contributed by atoms with Gasteiger partial charge in [0.1, 0.15) is 17.4 Å². The molecule has 0 spiro atoms. The highest BCUT2D eigenvalue weighted by molar-refractivity contribution is 5.88. The molecule has 132 valence electrons. The first-order valence-corrected chi connectivity index (χ1v) is 8.18. The van der Waals surface area contributed by atoms with Crippen LogP contribution in [0.15, 0.2) is 36.9 Å². The largest absolute Gasteiger partial charge is 0.496 e. The Morgan fingerprint density at radius 1 is 1.24 bits per heavy atom. The van der Waals surface area contributed by atoms with E-state index in [-0.39, 0.29) is 12.0 Å². The van der Waals surface area contributed by atoms with Crippen LogP contribution in [0.25, 0.3) is 16.8 Å². The summed E-state index contributed by atoms with van der Waals surface area (Å²) in [5.41, 5.74) is 1.42. The van der Waals surface area contributed by atoms with Crippen molar-refractivity contribution < 1.29 is 19.0 Å². The van der Waals surface area contributed by atoms with Crippen LogP contribution in [0.5, 0.6) is 5.75 Å². The lowest BCUT2D eigenvalue weighted by Gasteiger charge is -2.28. The first kappa shape index (κ1) is 17.5. The summed E-state index contributed by atoms with van der Waals surface area (Å²) in [5.74, 6) is 0.531. The van der Waals surface area contributed by atoms with Crippen molar-refractivity contribution in [3.63, 3.8) is 0 Å². The first-order valence-electron chi connectivity index (χ1n) is 8.18. The zero-order valence-corrected chi connectivity index (χ0v) is 14.8. The number of carbonyl (C=O) groups excluding carboxylic acids is 1. The highest BCUT2D eigenvalue weighted by Gasteiger charge is 2.43. The molecule has 0 radical (unpaired) electrons. The maximum atomic E-state index is 11.9. The fourth-order valence-electron chi connectivity index (χ4n) is 3.48. The van der Waals surface area contributed by atoms with Crippen LogP contribution < -0.4 is 10.1 Å². The van der Waals surface area contributed by atoms with Crippen LogP contribution in [-0.2, 0) is 19.9 Å². The normalized spacial score (nSPS) is 22.8. The fraction of sp³-hybridized carbons (Fsp3) is 0.350. The van der Waals surface area contributed by atoms with Gasteiger partial charge in [-0.05, 0) is 34.5 Å². The summed E-state index contributed by atoms with van der Waals surface area (Å²) in [6.07, 6.45) is 2.31. The van der Waals surface area contributed by atoms with Crippen molar-refractivity contribution in [2.75, 3.05) is 27.9 Å². The molecular weight excluding hydrogens is 318 g/mol. The van der Waals surface area contributed by atoms with Gasteiger partial charge < -0.3 is 19.5 Å². The molecule has 0 aliphatic carbocycles. The molecule has 1 fully saturated rings. The Hall–Kier alpha value is -2.37. The number of benzene rings is 2. The van der Waals surface area contributed by atoms with Crippen LogP contribution in [0.3, 0.4) is 0 Å². The van der Waals surface area contributed by atoms with Gasteiger partial charge in [0.05, 0.1) is 14.2 Å². The van der Waals surface area contributed by atoms with Crippen LogP contribution in [0.2, 0.25) is 0 Å². The van der Waals surface area contributed by atoms with E-state index in [1.807, 2.05) is 24.3 Å². The standard InChI is InChI=1S/C20H23NO4/c1-5-13-8-15-9-16(7-6-14(15)10-18(13)23-2)20(25-4)11-17(21-12-20)19(22)24-3/h5-10,17,21H,1,11-12H2,2-4H3/t17-,20?/m0/s1. The molecule has 2 aromatic carbocycles. The quantitative estimate of drug-likeness (QED) is 0.848. The third-order valence-corrected chi connectivity index (χ3v) is 4.98. The molecule has 1 unspecified atom stereocenters. The van der Waals surface area contributed by atoms with Crippen LogP contribution in [0, 0.1) is 0 Å². The van der Waals surface area contributed by atoms with Gasteiger partial charge in [-0.25, -0.2) is 0 Å². The Kier molecular flexibility index (Phi) is 4.79. The Labute approximate surface area is 147 Å². The number of esters is 1. The maximum absolute atomic E-state index is 11.9. The number of rotatable bonds is 5. The van der Waals surface area contributed by atoms with Gasteiger partial charge in [-0.1, -0.05) is 24.8 Å². The minimum atomic E-state index is -0.554. The molecule has 2 aromatic rings. The minimum absolute atomic E-state index is 0.265. The second-order valence-corrected chi connectivity index (χ2v) is 6.22. The summed E-state index contributed by atoms with van der Waals surface area (Å²) in [5, 5.41) is 5.35. The Bertz CT molecular complexity index is 817. The SMILES string of the molecule is C=Cc1cc2cc(C3(OC)CN[C@H](C(=O)OC)C3)ccc2cc1OC. The average molecular weight is 341 g/mol. The molecule has 0 saturated carbocycles. The number of nitrogens with one attached hydrogen (secondary N) is 1. The van der Waals surface area contributed by atoms with Crippen molar-refractivity contribution >= 4 is 22.8 Å². The van der Waals surface area contributed by atoms with Crippen molar-refractivity contribution in [2.45, 2.75) is 18.1 Å². The molecule has 0 aromatic heterocycles. The van der Waals surface area contributed by atoms with E-state index < -0.39 is 5.60 Å². The second kappa shape index (κ2) is 6.86. The Morgan fingerprint density at radius 3 is 2.68 bits per heavy atom. The third kappa shape index (κ3) is 3.01. The van der Waals surface area contributed by atoms with Gasteiger partial charge in [0, 0.05) is 25.6 Å². The molecule has 0 amide bonds. The zero-order chi connectivity index (χ0) is 18.0. The topological polar surface area (TPSA) is 56.8 Å². The van der Waals surface area contributed by atoms with Crippen molar-refractivity contribution in [2.24, 2.45) is 0 Å². The van der Waals surface area contributed by atoms with E-state index in [4.69, 9.17) is 14.2 Å². The molecule has 3 rings (SSSR count). The monoisotopic (exact) mass is 341 g/mol.